The van der Waals surface area contributed by atoms with Crippen molar-refractivity contribution in [1.29, 1.82) is 0 Å². The van der Waals surface area contributed by atoms with Crippen molar-refractivity contribution in [3.63, 3.8) is 0 Å². The molecule has 2 aromatic carbocycles. The third-order valence-electron chi connectivity index (χ3n) is 5.37. The molecule has 0 radical (unpaired) electrons. The fraction of sp³-hybridized carbons (Fsp3) is 0.250. The maximum atomic E-state index is 13.2. The van der Waals surface area contributed by atoms with Crippen LogP contribution >= 0.6 is 24.0 Å². The summed E-state index contributed by atoms with van der Waals surface area (Å²) in [5, 5.41) is 0. The molecule has 0 spiro atoms. The average molecular weight is 499 g/mol. The van der Waals surface area contributed by atoms with E-state index in [0.717, 1.165) is 16.7 Å². The van der Waals surface area contributed by atoms with E-state index >= 15 is 0 Å². The number of anilines is 1. The first kappa shape index (κ1) is 23.8. The number of hydrogen-bond acceptors (Lipinski definition) is 8. The van der Waals surface area contributed by atoms with Crippen LogP contribution in [0.2, 0.25) is 0 Å². The Hall–Kier alpha value is -3.37. The fourth-order valence-corrected chi connectivity index (χ4v) is 5.15. The molecule has 10 heteroatoms. The predicted octanol–water partition coefficient (Wildman–Crippen LogP) is 3.64. The molecule has 8 nitrogen and oxygen atoms in total. The van der Waals surface area contributed by atoms with Crippen LogP contribution in [0.15, 0.2) is 47.4 Å². The quantitative estimate of drug-likeness (QED) is 0.325. The first-order valence-corrected chi connectivity index (χ1v) is 11.7. The third-order valence-corrected chi connectivity index (χ3v) is 6.70. The minimum Gasteiger partial charge on any atom is -0.494 e. The standard InChI is InChI=1S/C24H22N2O6S2/c1-4-32-16-8-6-15(7-9-16)25-21(27)13-17(22(25)28)26-23(29)20(34-24(26)33)12-14-5-10-18(30-2)19(11-14)31-3/h5-12,17H,4,13H2,1-3H3/b20-12-. The lowest BCUT2D eigenvalue weighted by Gasteiger charge is -2.21. The number of thioether (sulfide) groups is 1. The molecule has 3 amide bonds. The Balaban J connectivity index is 1.56. The van der Waals surface area contributed by atoms with Gasteiger partial charge in [-0.15, -0.1) is 0 Å². The second-order valence-electron chi connectivity index (χ2n) is 7.38. The first-order chi connectivity index (χ1) is 16.4. The molecule has 176 valence electrons. The van der Waals surface area contributed by atoms with E-state index in [-0.39, 0.29) is 10.7 Å². The molecular weight excluding hydrogens is 476 g/mol. The van der Waals surface area contributed by atoms with Crippen molar-refractivity contribution >= 4 is 57.8 Å². The Kier molecular flexibility index (Phi) is 6.90. The van der Waals surface area contributed by atoms with Gasteiger partial charge in [-0.2, -0.15) is 0 Å². The third kappa shape index (κ3) is 4.38. The lowest BCUT2D eigenvalue weighted by Crippen LogP contribution is -2.44. The number of nitrogens with zero attached hydrogens (tertiary/aromatic N) is 2. The molecule has 1 unspecified atom stereocenters. The SMILES string of the molecule is CCOc1ccc(N2C(=O)CC(N3C(=O)/C(=C/c4ccc(OC)c(OC)c4)SC3=S)C2=O)cc1. The second-order valence-corrected chi connectivity index (χ2v) is 9.06. The summed E-state index contributed by atoms with van der Waals surface area (Å²) in [6.45, 7) is 2.38. The number of amides is 3. The number of imide groups is 1. The summed E-state index contributed by atoms with van der Waals surface area (Å²) in [6.07, 6.45) is 1.54. The Morgan fingerprint density at radius 2 is 1.76 bits per heavy atom. The van der Waals surface area contributed by atoms with Crippen molar-refractivity contribution in [3.05, 3.63) is 52.9 Å². The van der Waals surface area contributed by atoms with Crippen molar-refractivity contribution in [1.82, 2.24) is 4.90 Å². The summed E-state index contributed by atoms with van der Waals surface area (Å²) >= 11 is 6.51. The smallest absolute Gasteiger partial charge is 0.266 e. The molecule has 2 aliphatic rings. The Morgan fingerprint density at radius 3 is 2.41 bits per heavy atom. The average Bonchev–Trinajstić information content (AvgIpc) is 3.27. The van der Waals surface area contributed by atoms with E-state index in [1.807, 2.05) is 6.92 Å². The van der Waals surface area contributed by atoms with E-state index in [1.54, 1.807) is 55.7 Å². The summed E-state index contributed by atoms with van der Waals surface area (Å²) in [5.41, 5.74) is 1.13. The summed E-state index contributed by atoms with van der Waals surface area (Å²) < 4.78 is 16.2. The Bertz CT molecular complexity index is 1190. The van der Waals surface area contributed by atoms with Gasteiger partial charge in [0.15, 0.2) is 11.5 Å². The zero-order chi connectivity index (χ0) is 24.4. The van der Waals surface area contributed by atoms with Crippen LogP contribution in [0.1, 0.15) is 18.9 Å². The minimum atomic E-state index is -0.983. The normalized spacial score (nSPS) is 19.4. The Labute approximate surface area is 206 Å². The number of carbonyl (C=O) groups excluding carboxylic acids is 3. The van der Waals surface area contributed by atoms with E-state index in [2.05, 4.69) is 0 Å². The highest BCUT2D eigenvalue weighted by molar-refractivity contribution is 8.26. The lowest BCUT2D eigenvalue weighted by atomic mass is 10.1. The maximum Gasteiger partial charge on any atom is 0.266 e. The van der Waals surface area contributed by atoms with Crippen molar-refractivity contribution in [2.24, 2.45) is 0 Å². The van der Waals surface area contributed by atoms with Crippen LogP contribution < -0.4 is 19.1 Å². The van der Waals surface area contributed by atoms with Crippen LogP contribution in [0.3, 0.4) is 0 Å². The van der Waals surface area contributed by atoms with E-state index in [4.69, 9.17) is 26.4 Å². The molecule has 0 bridgehead atoms. The van der Waals surface area contributed by atoms with Crippen LogP contribution in [-0.2, 0) is 14.4 Å². The van der Waals surface area contributed by atoms with Gasteiger partial charge in [0, 0.05) is 0 Å². The molecule has 2 aromatic rings. The molecule has 2 aliphatic heterocycles. The highest BCUT2D eigenvalue weighted by atomic mass is 32.2. The number of thiocarbonyl (C=S) groups is 1. The van der Waals surface area contributed by atoms with Gasteiger partial charge in [-0.05, 0) is 55.0 Å². The molecule has 0 aromatic heterocycles. The van der Waals surface area contributed by atoms with E-state index < -0.39 is 23.8 Å². The summed E-state index contributed by atoms with van der Waals surface area (Å²) in [6, 6.07) is 10.9. The van der Waals surface area contributed by atoms with Crippen molar-refractivity contribution < 1.29 is 28.6 Å². The predicted molar refractivity (Wildman–Crippen MR) is 133 cm³/mol. The molecule has 2 saturated heterocycles. The lowest BCUT2D eigenvalue weighted by molar-refractivity contribution is -0.129. The zero-order valence-electron chi connectivity index (χ0n) is 18.8. The maximum absolute atomic E-state index is 13.2. The molecule has 2 fully saturated rings. The van der Waals surface area contributed by atoms with Gasteiger partial charge < -0.3 is 14.2 Å². The van der Waals surface area contributed by atoms with Crippen molar-refractivity contribution in [3.8, 4) is 17.2 Å². The largest absolute Gasteiger partial charge is 0.494 e. The molecule has 0 saturated carbocycles. The molecule has 0 aliphatic carbocycles. The second kappa shape index (κ2) is 9.86. The summed E-state index contributed by atoms with van der Waals surface area (Å²) in [4.78, 5) is 41.8. The van der Waals surface area contributed by atoms with Crippen molar-refractivity contribution in [2.75, 3.05) is 25.7 Å². The van der Waals surface area contributed by atoms with Gasteiger partial charge >= 0.3 is 0 Å². The topological polar surface area (TPSA) is 85.4 Å². The highest BCUT2D eigenvalue weighted by Crippen LogP contribution is 2.38. The van der Waals surface area contributed by atoms with Gasteiger partial charge in [-0.1, -0.05) is 30.0 Å². The Morgan fingerprint density at radius 1 is 1.06 bits per heavy atom. The van der Waals surface area contributed by atoms with E-state index in [9.17, 15) is 14.4 Å². The molecule has 4 rings (SSSR count). The molecule has 2 heterocycles. The molecule has 1 atom stereocenters. The van der Waals surface area contributed by atoms with Crippen molar-refractivity contribution in [2.45, 2.75) is 19.4 Å². The monoisotopic (exact) mass is 498 g/mol. The van der Waals surface area contributed by atoms with Gasteiger partial charge in [0.2, 0.25) is 5.91 Å². The number of hydrogen-bond donors (Lipinski definition) is 0. The van der Waals surface area contributed by atoms with Crippen LogP contribution in [0.5, 0.6) is 17.2 Å². The highest BCUT2D eigenvalue weighted by Gasteiger charge is 2.48. The van der Waals surface area contributed by atoms with Gasteiger partial charge in [-0.25, -0.2) is 4.90 Å². The molecule has 34 heavy (non-hydrogen) atoms. The summed E-state index contributed by atoms with van der Waals surface area (Å²) in [5.74, 6) is 0.435. The number of ether oxygens (including phenoxy) is 3. The van der Waals surface area contributed by atoms with Gasteiger partial charge in [-0.3, -0.25) is 19.3 Å². The van der Waals surface area contributed by atoms with E-state index in [1.165, 1.54) is 12.0 Å². The van der Waals surface area contributed by atoms with Crippen LogP contribution in [0.4, 0.5) is 5.69 Å². The fourth-order valence-electron chi connectivity index (χ4n) is 3.79. The zero-order valence-corrected chi connectivity index (χ0v) is 20.4. The molecular formula is C24H22N2O6S2. The number of rotatable bonds is 7. The number of methoxy groups -OCH3 is 2. The summed E-state index contributed by atoms with van der Waals surface area (Å²) in [7, 11) is 3.07. The van der Waals surface area contributed by atoms with Crippen LogP contribution in [0.25, 0.3) is 6.08 Å². The molecule has 0 N–H and O–H groups in total. The van der Waals surface area contributed by atoms with Crippen LogP contribution in [-0.4, -0.2) is 53.8 Å². The van der Waals surface area contributed by atoms with E-state index in [0.29, 0.717) is 40.0 Å². The minimum absolute atomic E-state index is 0.137. The van der Waals surface area contributed by atoms with Crippen LogP contribution in [0, 0.1) is 0 Å². The number of carbonyl (C=O) groups is 3. The van der Waals surface area contributed by atoms with Gasteiger partial charge in [0.05, 0.1) is 37.8 Å². The first-order valence-electron chi connectivity index (χ1n) is 10.5. The van der Waals surface area contributed by atoms with Gasteiger partial charge in [0.25, 0.3) is 11.8 Å². The van der Waals surface area contributed by atoms with Gasteiger partial charge in [0.1, 0.15) is 16.1 Å². The number of benzene rings is 2.